The number of carbonyl (C=O) groups excluding carboxylic acids is 2. The smallest absolute Gasteiger partial charge is 0.264 e. The van der Waals surface area contributed by atoms with Crippen molar-refractivity contribution in [3.05, 3.63) is 58.3 Å². The Kier molecular flexibility index (Phi) is 6.21. The maximum absolute atomic E-state index is 13.1. The fourth-order valence-corrected chi connectivity index (χ4v) is 6.28. The average Bonchev–Trinajstić information content (AvgIpc) is 3.45. The van der Waals surface area contributed by atoms with E-state index < -0.39 is 16.1 Å². The van der Waals surface area contributed by atoms with Crippen LogP contribution in [0.3, 0.4) is 0 Å². The molecule has 9 heteroatoms. The first kappa shape index (κ1) is 21.0. The summed E-state index contributed by atoms with van der Waals surface area (Å²) in [5.41, 5.74) is 0.754. The lowest BCUT2D eigenvalue weighted by molar-refractivity contribution is -0.136. The lowest BCUT2D eigenvalue weighted by Gasteiger charge is -2.36. The minimum Gasteiger partial charge on any atom is -0.338 e. The Morgan fingerprint density at radius 2 is 1.70 bits per heavy atom. The molecule has 2 aromatic rings. The highest BCUT2D eigenvalue weighted by atomic mass is 32.2. The Bertz CT molecular complexity index is 985. The summed E-state index contributed by atoms with van der Waals surface area (Å²) in [5, 5.41) is 1.86. The summed E-state index contributed by atoms with van der Waals surface area (Å²) in [4.78, 5) is 29.9. The Morgan fingerprint density at radius 3 is 2.37 bits per heavy atom. The molecule has 0 spiro atoms. The van der Waals surface area contributed by atoms with Crippen LogP contribution in [0.5, 0.6) is 0 Å². The minimum absolute atomic E-state index is 0.0342. The van der Waals surface area contributed by atoms with E-state index in [4.69, 9.17) is 0 Å². The fraction of sp³-hybridized carbons (Fsp3) is 0.429. The highest BCUT2D eigenvalue weighted by molar-refractivity contribution is 7.88. The van der Waals surface area contributed by atoms with Crippen molar-refractivity contribution in [1.29, 1.82) is 0 Å². The number of carbonyl (C=O) groups is 2. The SMILES string of the molecule is O=C([C@@H]1CCCN1C(=O)c1cccs1)N1CCN(S(=O)(=O)Cc2ccccc2)CC1. The molecule has 0 saturated carbocycles. The van der Waals surface area contributed by atoms with Crippen LogP contribution in [-0.2, 0) is 20.6 Å². The second-order valence-electron chi connectivity index (χ2n) is 7.60. The number of rotatable bonds is 5. The monoisotopic (exact) mass is 447 g/mol. The maximum Gasteiger partial charge on any atom is 0.264 e. The van der Waals surface area contributed by atoms with E-state index in [2.05, 4.69) is 0 Å². The summed E-state index contributed by atoms with van der Waals surface area (Å²) in [6.45, 7) is 1.85. The van der Waals surface area contributed by atoms with E-state index in [0.717, 1.165) is 12.0 Å². The van der Waals surface area contributed by atoms with Crippen molar-refractivity contribution in [1.82, 2.24) is 14.1 Å². The third-order valence-electron chi connectivity index (χ3n) is 5.67. The Balaban J connectivity index is 1.36. The van der Waals surface area contributed by atoms with E-state index >= 15 is 0 Å². The molecule has 0 bridgehead atoms. The summed E-state index contributed by atoms with van der Waals surface area (Å²) < 4.78 is 26.9. The lowest BCUT2D eigenvalue weighted by atomic mass is 10.1. The van der Waals surface area contributed by atoms with Gasteiger partial charge in [-0.15, -0.1) is 11.3 Å². The zero-order chi connectivity index (χ0) is 21.1. The van der Waals surface area contributed by atoms with Crippen LogP contribution in [0.4, 0.5) is 0 Å². The number of benzene rings is 1. The molecule has 2 aliphatic heterocycles. The van der Waals surface area contributed by atoms with Gasteiger partial charge in [0.2, 0.25) is 15.9 Å². The van der Waals surface area contributed by atoms with Gasteiger partial charge in [-0.3, -0.25) is 9.59 Å². The molecule has 160 valence electrons. The van der Waals surface area contributed by atoms with E-state index in [1.807, 2.05) is 29.6 Å². The van der Waals surface area contributed by atoms with Crippen molar-refractivity contribution in [3.8, 4) is 0 Å². The van der Waals surface area contributed by atoms with Crippen molar-refractivity contribution in [2.24, 2.45) is 0 Å². The van der Waals surface area contributed by atoms with Crippen LogP contribution in [0, 0.1) is 0 Å². The van der Waals surface area contributed by atoms with Crippen LogP contribution in [0.1, 0.15) is 28.1 Å². The number of piperazine rings is 1. The van der Waals surface area contributed by atoms with Crippen molar-refractivity contribution < 1.29 is 18.0 Å². The number of thiophene rings is 1. The van der Waals surface area contributed by atoms with Gasteiger partial charge in [0.25, 0.3) is 5.91 Å². The molecule has 0 aliphatic carbocycles. The van der Waals surface area contributed by atoms with E-state index in [9.17, 15) is 18.0 Å². The first-order valence-corrected chi connectivity index (χ1v) is 12.6. The summed E-state index contributed by atoms with van der Waals surface area (Å²) in [6, 6.07) is 12.3. The van der Waals surface area contributed by atoms with Crippen molar-refractivity contribution in [3.63, 3.8) is 0 Å². The Hall–Kier alpha value is -2.23. The first-order chi connectivity index (χ1) is 14.5. The van der Waals surface area contributed by atoms with Crippen LogP contribution in [0.25, 0.3) is 0 Å². The van der Waals surface area contributed by atoms with Crippen molar-refractivity contribution >= 4 is 33.2 Å². The van der Waals surface area contributed by atoms with Gasteiger partial charge >= 0.3 is 0 Å². The quantitative estimate of drug-likeness (QED) is 0.703. The molecule has 3 heterocycles. The van der Waals surface area contributed by atoms with Gasteiger partial charge in [-0.05, 0) is 29.9 Å². The molecular weight excluding hydrogens is 422 g/mol. The highest BCUT2D eigenvalue weighted by Gasteiger charge is 2.38. The summed E-state index contributed by atoms with van der Waals surface area (Å²) >= 11 is 1.38. The van der Waals surface area contributed by atoms with Crippen LogP contribution in [-0.4, -0.2) is 73.1 Å². The number of nitrogens with zero attached hydrogens (tertiary/aromatic N) is 3. The molecule has 1 aromatic heterocycles. The topological polar surface area (TPSA) is 78.0 Å². The number of hydrogen-bond acceptors (Lipinski definition) is 5. The minimum atomic E-state index is -3.43. The highest BCUT2D eigenvalue weighted by Crippen LogP contribution is 2.24. The summed E-state index contributed by atoms with van der Waals surface area (Å²) in [7, 11) is -3.43. The van der Waals surface area contributed by atoms with E-state index in [1.165, 1.54) is 15.6 Å². The van der Waals surface area contributed by atoms with Gasteiger partial charge < -0.3 is 9.80 Å². The third kappa shape index (κ3) is 4.43. The van der Waals surface area contributed by atoms with Gasteiger partial charge in [0, 0.05) is 32.7 Å². The Morgan fingerprint density at radius 1 is 0.967 bits per heavy atom. The number of sulfonamides is 1. The van der Waals surface area contributed by atoms with Gasteiger partial charge in [0.15, 0.2) is 0 Å². The van der Waals surface area contributed by atoms with Crippen molar-refractivity contribution in [2.75, 3.05) is 32.7 Å². The molecule has 0 radical (unpaired) electrons. The number of hydrogen-bond donors (Lipinski definition) is 0. The molecule has 1 atom stereocenters. The zero-order valence-electron chi connectivity index (χ0n) is 16.6. The summed E-state index contributed by atoms with van der Waals surface area (Å²) in [6.07, 6.45) is 1.46. The fourth-order valence-electron chi connectivity index (χ4n) is 4.08. The molecule has 2 amide bonds. The van der Waals surface area contributed by atoms with E-state index in [0.29, 0.717) is 30.9 Å². The van der Waals surface area contributed by atoms with Gasteiger partial charge in [0.1, 0.15) is 6.04 Å². The molecule has 0 unspecified atom stereocenters. The standard InChI is InChI=1S/C21H25N3O4S2/c25-20(18-8-4-10-24(18)21(26)19-9-5-15-29-19)22-11-13-23(14-12-22)30(27,28)16-17-6-2-1-3-7-17/h1-3,5-7,9,15,18H,4,8,10-14,16H2/t18-/m0/s1. The van der Waals surface area contributed by atoms with Crippen LogP contribution in [0.15, 0.2) is 47.8 Å². The molecule has 30 heavy (non-hydrogen) atoms. The number of likely N-dealkylation sites (tertiary alicyclic amines) is 1. The average molecular weight is 448 g/mol. The first-order valence-electron chi connectivity index (χ1n) is 10.1. The van der Waals surface area contributed by atoms with Crippen LogP contribution in [0.2, 0.25) is 0 Å². The second kappa shape index (κ2) is 8.87. The van der Waals surface area contributed by atoms with Crippen LogP contribution < -0.4 is 0 Å². The molecule has 2 saturated heterocycles. The second-order valence-corrected chi connectivity index (χ2v) is 10.5. The Labute approximate surface area is 180 Å². The van der Waals surface area contributed by atoms with E-state index in [-0.39, 0.29) is 30.7 Å². The maximum atomic E-state index is 13.1. The van der Waals surface area contributed by atoms with Crippen LogP contribution >= 0.6 is 11.3 Å². The van der Waals surface area contributed by atoms with Gasteiger partial charge in [0.05, 0.1) is 10.6 Å². The lowest BCUT2D eigenvalue weighted by Crippen LogP contribution is -2.55. The summed E-state index contributed by atoms with van der Waals surface area (Å²) in [5.74, 6) is -0.199. The number of amides is 2. The molecule has 0 N–H and O–H groups in total. The van der Waals surface area contributed by atoms with Gasteiger partial charge in [-0.2, -0.15) is 4.31 Å². The molecule has 4 rings (SSSR count). The molecule has 2 fully saturated rings. The largest absolute Gasteiger partial charge is 0.338 e. The predicted octanol–water partition coefficient (Wildman–Crippen LogP) is 2.03. The molecule has 1 aromatic carbocycles. The van der Waals surface area contributed by atoms with E-state index in [1.54, 1.807) is 28.0 Å². The van der Waals surface area contributed by atoms with Crippen molar-refractivity contribution in [2.45, 2.75) is 24.6 Å². The molecular formula is C21H25N3O4S2. The van der Waals surface area contributed by atoms with Gasteiger partial charge in [-0.25, -0.2) is 8.42 Å². The van der Waals surface area contributed by atoms with Gasteiger partial charge in [-0.1, -0.05) is 36.4 Å². The zero-order valence-corrected chi connectivity index (χ0v) is 18.3. The third-order valence-corrected chi connectivity index (χ3v) is 8.37. The normalized spacial score (nSPS) is 20.5. The molecule has 7 nitrogen and oxygen atoms in total. The molecule has 2 aliphatic rings. The predicted molar refractivity (Wildman–Crippen MR) is 116 cm³/mol.